The molecule has 1 aliphatic carbocycles. The summed E-state index contributed by atoms with van der Waals surface area (Å²) in [5.41, 5.74) is -0.582. The van der Waals surface area contributed by atoms with Crippen molar-refractivity contribution in [1.29, 1.82) is 0 Å². The summed E-state index contributed by atoms with van der Waals surface area (Å²) in [6, 6.07) is 3.34. The van der Waals surface area contributed by atoms with Gasteiger partial charge in [0.1, 0.15) is 0 Å². The molecule has 2 aliphatic rings. The van der Waals surface area contributed by atoms with Gasteiger partial charge in [-0.3, -0.25) is 24.6 Å². The lowest BCUT2D eigenvalue weighted by Crippen LogP contribution is -2.35. The first-order chi connectivity index (χ1) is 12.4. The summed E-state index contributed by atoms with van der Waals surface area (Å²) in [5.74, 6) is -2.61. The van der Waals surface area contributed by atoms with Crippen molar-refractivity contribution in [2.24, 2.45) is 11.8 Å². The van der Waals surface area contributed by atoms with Crippen LogP contribution in [0.2, 0.25) is 0 Å². The zero-order valence-electron chi connectivity index (χ0n) is 13.7. The van der Waals surface area contributed by atoms with E-state index in [2.05, 4.69) is 5.32 Å². The van der Waals surface area contributed by atoms with Crippen molar-refractivity contribution in [3.8, 4) is 0 Å². The summed E-state index contributed by atoms with van der Waals surface area (Å²) in [7, 11) is 0. The Kier molecular flexibility index (Phi) is 4.70. The number of amides is 2. The quantitative estimate of drug-likeness (QED) is 0.335. The van der Waals surface area contributed by atoms with E-state index in [-0.39, 0.29) is 53.7 Å². The lowest BCUT2D eigenvalue weighted by Gasteiger charge is -2.17. The number of carboxylic acid groups (broad SMARTS) is 1. The molecule has 0 bridgehead atoms. The molecule has 1 heterocycles. The van der Waals surface area contributed by atoms with E-state index in [1.54, 1.807) is 0 Å². The van der Waals surface area contributed by atoms with Gasteiger partial charge in [0.25, 0.3) is 5.69 Å². The highest BCUT2D eigenvalue weighted by molar-refractivity contribution is 6.05. The van der Waals surface area contributed by atoms with Crippen molar-refractivity contribution in [2.45, 2.75) is 12.8 Å². The molecule has 136 valence electrons. The molecule has 0 saturated carbocycles. The van der Waals surface area contributed by atoms with Crippen LogP contribution in [0.5, 0.6) is 0 Å². The van der Waals surface area contributed by atoms with Crippen LogP contribution in [0.4, 0.5) is 11.4 Å². The maximum atomic E-state index is 12.4. The van der Waals surface area contributed by atoms with E-state index in [4.69, 9.17) is 0 Å². The Balaban J connectivity index is 1.67. The Morgan fingerprint density at radius 2 is 1.81 bits per heavy atom. The summed E-state index contributed by atoms with van der Waals surface area (Å²) in [4.78, 5) is 47.1. The largest absolute Gasteiger partial charge is 0.545 e. The maximum Gasteiger partial charge on any atom is 0.270 e. The number of carbonyl (C=O) groups is 3. The molecule has 1 aliphatic heterocycles. The van der Waals surface area contributed by atoms with Crippen molar-refractivity contribution in [2.75, 3.05) is 18.4 Å². The molecule has 2 atom stereocenters. The zero-order valence-corrected chi connectivity index (χ0v) is 13.7. The average molecular weight is 358 g/mol. The molecule has 3 rings (SSSR count). The van der Waals surface area contributed by atoms with Gasteiger partial charge in [0.2, 0.25) is 11.8 Å². The number of nitro groups is 1. The zero-order chi connectivity index (χ0) is 18.8. The van der Waals surface area contributed by atoms with Crippen molar-refractivity contribution < 1.29 is 24.4 Å². The van der Waals surface area contributed by atoms with E-state index < -0.39 is 10.9 Å². The summed E-state index contributed by atoms with van der Waals surface area (Å²) in [6.45, 7) is 0.219. The van der Waals surface area contributed by atoms with Crippen molar-refractivity contribution in [1.82, 2.24) is 4.90 Å². The third-order valence-corrected chi connectivity index (χ3v) is 4.68. The minimum atomic E-state index is -1.55. The van der Waals surface area contributed by atoms with E-state index >= 15 is 0 Å². The lowest BCUT2D eigenvalue weighted by atomic mass is 9.85. The van der Waals surface area contributed by atoms with Crippen LogP contribution < -0.4 is 10.4 Å². The Bertz CT molecular complexity index is 793. The molecule has 1 N–H and O–H groups in total. The van der Waals surface area contributed by atoms with Gasteiger partial charge in [-0.2, -0.15) is 0 Å². The monoisotopic (exact) mass is 358 g/mol. The van der Waals surface area contributed by atoms with Gasteiger partial charge >= 0.3 is 0 Å². The number of benzene rings is 1. The third kappa shape index (κ3) is 3.15. The molecule has 0 radical (unpaired) electrons. The number of non-ortho nitro benzene ring substituents is 1. The number of imide groups is 1. The molecule has 1 aromatic rings. The SMILES string of the molecule is O=C([O-])c1cc([N+](=O)[O-])ccc1NCCN1C(=O)[C@H]2CC=CC[C@@H]2C1=O. The first-order valence-electron chi connectivity index (χ1n) is 8.14. The molecule has 0 spiro atoms. The highest BCUT2D eigenvalue weighted by atomic mass is 16.6. The van der Waals surface area contributed by atoms with Gasteiger partial charge in [-0.25, -0.2) is 0 Å². The Hall–Kier alpha value is -3.23. The molecule has 1 saturated heterocycles. The highest BCUT2D eigenvalue weighted by Gasteiger charge is 2.46. The van der Waals surface area contributed by atoms with Crippen molar-refractivity contribution in [3.05, 3.63) is 46.0 Å². The fourth-order valence-corrected chi connectivity index (χ4v) is 3.36. The first kappa shape index (κ1) is 17.6. The van der Waals surface area contributed by atoms with Gasteiger partial charge in [0, 0.05) is 36.5 Å². The van der Waals surface area contributed by atoms with Gasteiger partial charge in [-0.15, -0.1) is 0 Å². The number of nitro benzene ring substituents is 1. The average Bonchev–Trinajstić information content (AvgIpc) is 2.86. The maximum absolute atomic E-state index is 12.4. The molecule has 0 aromatic heterocycles. The molecule has 9 nitrogen and oxygen atoms in total. The second kappa shape index (κ2) is 6.95. The number of likely N-dealkylation sites (tertiary alicyclic amines) is 1. The summed E-state index contributed by atoms with van der Waals surface area (Å²) < 4.78 is 0. The Morgan fingerprint density at radius 1 is 1.19 bits per heavy atom. The smallest absolute Gasteiger partial charge is 0.270 e. The van der Waals surface area contributed by atoms with Crippen LogP contribution in [0.25, 0.3) is 0 Å². The number of hydrogen-bond acceptors (Lipinski definition) is 7. The number of allylic oxidation sites excluding steroid dienone is 2. The highest BCUT2D eigenvalue weighted by Crippen LogP contribution is 2.34. The van der Waals surface area contributed by atoms with Crippen LogP contribution in [0.15, 0.2) is 30.4 Å². The van der Waals surface area contributed by atoms with Crippen LogP contribution in [-0.4, -0.2) is 40.7 Å². The van der Waals surface area contributed by atoms with E-state index in [0.717, 1.165) is 6.07 Å². The third-order valence-electron chi connectivity index (χ3n) is 4.68. The second-order valence-corrected chi connectivity index (χ2v) is 6.19. The number of aromatic carboxylic acids is 1. The topological polar surface area (TPSA) is 133 Å². The van der Waals surface area contributed by atoms with E-state index in [9.17, 15) is 29.6 Å². The van der Waals surface area contributed by atoms with E-state index in [1.165, 1.54) is 17.0 Å². The number of anilines is 1. The molecular weight excluding hydrogens is 342 g/mol. The molecule has 9 heteroatoms. The van der Waals surface area contributed by atoms with E-state index in [0.29, 0.717) is 12.8 Å². The molecule has 0 unspecified atom stereocenters. The number of carboxylic acids is 1. The van der Waals surface area contributed by atoms with Crippen LogP contribution >= 0.6 is 0 Å². The van der Waals surface area contributed by atoms with Crippen LogP contribution in [0.3, 0.4) is 0 Å². The lowest BCUT2D eigenvalue weighted by molar-refractivity contribution is -0.385. The number of hydrogen-bond donors (Lipinski definition) is 1. The molecule has 2 amide bonds. The number of carbonyl (C=O) groups excluding carboxylic acids is 3. The predicted octanol–water partition coefficient (Wildman–Crippen LogP) is 0.321. The minimum absolute atomic E-state index is 0.0914. The number of fused-ring (bicyclic) bond motifs is 1. The molecule has 1 fully saturated rings. The summed E-state index contributed by atoms with van der Waals surface area (Å²) in [5, 5.41) is 24.8. The molecular formula is C17H16N3O6-. The van der Waals surface area contributed by atoms with Crippen molar-refractivity contribution in [3.63, 3.8) is 0 Å². The van der Waals surface area contributed by atoms with Crippen LogP contribution in [-0.2, 0) is 9.59 Å². The van der Waals surface area contributed by atoms with Gasteiger partial charge in [-0.05, 0) is 18.9 Å². The van der Waals surface area contributed by atoms with Gasteiger partial charge in [0.15, 0.2) is 0 Å². The molecule has 26 heavy (non-hydrogen) atoms. The number of rotatable bonds is 6. The summed E-state index contributed by atoms with van der Waals surface area (Å²) >= 11 is 0. The van der Waals surface area contributed by atoms with Gasteiger partial charge in [-0.1, -0.05) is 12.2 Å². The van der Waals surface area contributed by atoms with Gasteiger partial charge < -0.3 is 15.2 Å². The Morgan fingerprint density at radius 3 is 2.35 bits per heavy atom. The van der Waals surface area contributed by atoms with Crippen molar-refractivity contribution >= 4 is 29.2 Å². The fraction of sp³-hybridized carbons (Fsp3) is 0.353. The predicted molar refractivity (Wildman–Crippen MR) is 88.0 cm³/mol. The van der Waals surface area contributed by atoms with Gasteiger partial charge in [0.05, 0.1) is 22.7 Å². The number of nitrogens with one attached hydrogen (secondary N) is 1. The summed E-state index contributed by atoms with van der Waals surface area (Å²) in [6.07, 6.45) is 4.90. The number of nitrogens with zero attached hydrogens (tertiary/aromatic N) is 2. The molecule has 1 aromatic carbocycles. The first-order valence-corrected chi connectivity index (χ1v) is 8.14. The second-order valence-electron chi connectivity index (χ2n) is 6.19. The van der Waals surface area contributed by atoms with Crippen LogP contribution in [0, 0.1) is 22.0 Å². The fourth-order valence-electron chi connectivity index (χ4n) is 3.36. The normalized spacial score (nSPS) is 21.6. The minimum Gasteiger partial charge on any atom is -0.545 e. The standard InChI is InChI=1S/C17H17N3O6/c21-15-11-3-1-2-4-12(11)16(22)19(15)8-7-18-14-6-5-10(20(25)26)9-13(14)17(23)24/h1-2,5-6,9,11-12,18H,3-4,7-8H2,(H,23,24)/p-1/t11-,12-/m0/s1. The Labute approximate surface area is 148 Å². The van der Waals surface area contributed by atoms with E-state index in [1.807, 2.05) is 12.2 Å². The van der Waals surface area contributed by atoms with Crippen LogP contribution in [0.1, 0.15) is 23.2 Å².